The van der Waals surface area contributed by atoms with Gasteiger partial charge in [0.15, 0.2) is 0 Å². The minimum absolute atomic E-state index is 0.471. The van der Waals surface area contributed by atoms with E-state index < -0.39 is 5.72 Å². The molecule has 0 unspecified atom stereocenters. The smallest absolute Gasteiger partial charge is 0.116 e. The maximum atomic E-state index is 9.79. The van der Waals surface area contributed by atoms with E-state index in [4.69, 9.17) is 0 Å². The van der Waals surface area contributed by atoms with Gasteiger partial charge in [-0.2, -0.15) is 0 Å². The van der Waals surface area contributed by atoms with Crippen molar-refractivity contribution in [3.8, 4) is 0 Å². The predicted octanol–water partition coefficient (Wildman–Crippen LogP) is 1.00. The highest BCUT2D eigenvalue weighted by Gasteiger charge is 2.36. The number of aliphatic hydroxyl groups is 1. The summed E-state index contributed by atoms with van der Waals surface area (Å²) >= 11 is 0. The van der Waals surface area contributed by atoms with Crippen molar-refractivity contribution in [2.75, 3.05) is 0 Å². The SMILES string of the molecule is OC12CCCC(CCC1)N2. The Morgan fingerprint density at radius 1 is 1.20 bits per heavy atom. The molecule has 2 N–H and O–H groups in total. The molecule has 0 saturated carbocycles. The van der Waals surface area contributed by atoms with E-state index >= 15 is 0 Å². The lowest BCUT2D eigenvalue weighted by Gasteiger charge is -2.42. The van der Waals surface area contributed by atoms with Crippen LogP contribution in [0.5, 0.6) is 0 Å². The molecule has 2 saturated heterocycles. The zero-order valence-corrected chi connectivity index (χ0v) is 6.27. The van der Waals surface area contributed by atoms with E-state index in [0.717, 1.165) is 12.8 Å². The number of nitrogens with one attached hydrogen (secondary N) is 1. The van der Waals surface area contributed by atoms with Gasteiger partial charge in [-0.3, -0.25) is 5.32 Å². The van der Waals surface area contributed by atoms with Crippen LogP contribution in [-0.4, -0.2) is 16.9 Å². The molecule has 0 atom stereocenters. The molecule has 2 bridgehead atoms. The Morgan fingerprint density at radius 3 is 2.20 bits per heavy atom. The van der Waals surface area contributed by atoms with Crippen molar-refractivity contribution in [1.82, 2.24) is 5.32 Å². The van der Waals surface area contributed by atoms with Gasteiger partial charge in [0.25, 0.3) is 0 Å². The fourth-order valence-electron chi connectivity index (χ4n) is 2.22. The third-order valence-electron chi connectivity index (χ3n) is 2.76. The van der Waals surface area contributed by atoms with Gasteiger partial charge >= 0.3 is 0 Å². The highest BCUT2D eigenvalue weighted by Crippen LogP contribution is 2.31. The summed E-state index contributed by atoms with van der Waals surface area (Å²) in [6.45, 7) is 0. The largest absolute Gasteiger partial charge is 0.376 e. The summed E-state index contributed by atoms with van der Waals surface area (Å²) in [5.74, 6) is 0. The van der Waals surface area contributed by atoms with E-state index in [9.17, 15) is 5.11 Å². The van der Waals surface area contributed by atoms with E-state index in [0.29, 0.717) is 6.04 Å². The van der Waals surface area contributed by atoms with Crippen molar-refractivity contribution in [2.24, 2.45) is 0 Å². The quantitative estimate of drug-likeness (QED) is 0.527. The van der Waals surface area contributed by atoms with Gasteiger partial charge in [0.2, 0.25) is 0 Å². The molecule has 58 valence electrons. The molecule has 2 heterocycles. The maximum absolute atomic E-state index is 9.79. The third-order valence-corrected chi connectivity index (χ3v) is 2.76. The molecular weight excluding hydrogens is 126 g/mol. The van der Waals surface area contributed by atoms with Crippen LogP contribution < -0.4 is 5.32 Å². The fraction of sp³-hybridized carbons (Fsp3) is 1.00. The molecule has 0 radical (unpaired) electrons. The van der Waals surface area contributed by atoms with Crippen LogP contribution in [0.3, 0.4) is 0 Å². The first-order valence-electron chi connectivity index (χ1n) is 4.29. The summed E-state index contributed by atoms with van der Waals surface area (Å²) in [7, 11) is 0. The van der Waals surface area contributed by atoms with Crippen molar-refractivity contribution in [2.45, 2.75) is 50.3 Å². The Morgan fingerprint density at radius 2 is 1.80 bits per heavy atom. The predicted molar refractivity (Wildman–Crippen MR) is 39.6 cm³/mol. The van der Waals surface area contributed by atoms with E-state index in [1.165, 1.54) is 25.7 Å². The molecule has 0 aliphatic carbocycles. The first-order chi connectivity index (χ1) is 4.79. The van der Waals surface area contributed by atoms with Crippen LogP contribution in [0, 0.1) is 0 Å². The topological polar surface area (TPSA) is 32.3 Å². The lowest BCUT2D eigenvalue weighted by atomic mass is 9.84. The van der Waals surface area contributed by atoms with Crippen LogP contribution in [0.4, 0.5) is 0 Å². The molecule has 2 fully saturated rings. The molecule has 0 spiro atoms. The Balaban J connectivity index is 2.07. The first kappa shape index (κ1) is 6.62. The van der Waals surface area contributed by atoms with Crippen molar-refractivity contribution >= 4 is 0 Å². The Hall–Kier alpha value is -0.0800. The summed E-state index contributed by atoms with van der Waals surface area (Å²) in [5.41, 5.74) is -0.471. The zero-order chi connectivity index (χ0) is 7.03. The Bertz CT molecular complexity index is 125. The second-order valence-electron chi connectivity index (χ2n) is 3.66. The van der Waals surface area contributed by atoms with Gasteiger partial charge in [0.1, 0.15) is 5.72 Å². The van der Waals surface area contributed by atoms with Gasteiger partial charge in [-0.25, -0.2) is 0 Å². The minimum atomic E-state index is -0.471. The molecule has 0 amide bonds. The van der Waals surface area contributed by atoms with E-state index in [-0.39, 0.29) is 0 Å². The van der Waals surface area contributed by atoms with Gasteiger partial charge in [0.05, 0.1) is 0 Å². The van der Waals surface area contributed by atoms with Crippen LogP contribution in [0.25, 0.3) is 0 Å². The number of hydrogen-bond donors (Lipinski definition) is 2. The van der Waals surface area contributed by atoms with Gasteiger partial charge in [0, 0.05) is 6.04 Å². The monoisotopic (exact) mass is 141 g/mol. The van der Waals surface area contributed by atoms with E-state index in [1.807, 2.05) is 0 Å². The van der Waals surface area contributed by atoms with Crippen molar-refractivity contribution in [3.63, 3.8) is 0 Å². The molecule has 2 heteroatoms. The van der Waals surface area contributed by atoms with Crippen LogP contribution in [0.2, 0.25) is 0 Å². The number of rotatable bonds is 0. The molecule has 2 rings (SSSR count). The highest BCUT2D eigenvalue weighted by molar-refractivity contribution is 4.90. The number of hydrogen-bond acceptors (Lipinski definition) is 2. The van der Waals surface area contributed by atoms with Gasteiger partial charge in [-0.15, -0.1) is 0 Å². The van der Waals surface area contributed by atoms with Crippen LogP contribution in [0.1, 0.15) is 38.5 Å². The van der Waals surface area contributed by atoms with Crippen LogP contribution >= 0.6 is 0 Å². The Labute approximate surface area is 61.6 Å². The first-order valence-corrected chi connectivity index (χ1v) is 4.29. The van der Waals surface area contributed by atoms with E-state index in [1.54, 1.807) is 0 Å². The van der Waals surface area contributed by atoms with Crippen LogP contribution in [0.15, 0.2) is 0 Å². The number of fused-ring (bicyclic) bond motifs is 2. The van der Waals surface area contributed by atoms with Gasteiger partial charge < -0.3 is 5.11 Å². The lowest BCUT2D eigenvalue weighted by molar-refractivity contribution is -0.0623. The molecule has 0 aromatic heterocycles. The van der Waals surface area contributed by atoms with E-state index in [2.05, 4.69) is 5.32 Å². The van der Waals surface area contributed by atoms with Crippen molar-refractivity contribution in [3.05, 3.63) is 0 Å². The van der Waals surface area contributed by atoms with Gasteiger partial charge in [-0.1, -0.05) is 0 Å². The summed E-state index contributed by atoms with van der Waals surface area (Å²) in [4.78, 5) is 0. The summed E-state index contributed by atoms with van der Waals surface area (Å²) in [6, 6.07) is 0.618. The maximum Gasteiger partial charge on any atom is 0.116 e. The minimum Gasteiger partial charge on any atom is -0.376 e. The lowest BCUT2D eigenvalue weighted by Crippen LogP contribution is -2.56. The fourth-order valence-corrected chi connectivity index (χ4v) is 2.22. The summed E-state index contributed by atoms with van der Waals surface area (Å²) in [5, 5.41) is 13.1. The molecule has 0 aromatic rings. The second kappa shape index (κ2) is 2.21. The summed E-state index contributed by atoms with van der Waals surface area (Å²) < 4.78 is 0. The van der Waals surface area contributed by atoms with Crippen molar-refractivity contribution < 1.29 is 5.11 Å². The second-order valence-corrected chi connectivity index (χ2v) is 3.66. The molecule has 2 aliphatic rings. The average molecular weight is 141 g/mol. The molecule has 10 heavy (non-hydrogen) atoms. The van der Waals surface area contributed by atoms with Crippen molar-refractivity contribution in [1.29, 1.82) is 0 Å². The number of piperidine rings is 2. The molecular formula is C8H15NO. The average Bonchev–Trinajstić information content (AvgIpc) is 1.86. The normalized spacial score (nSPS) is 47.1. The third kappa shape index (κ3) is 1.06. The molecule has 2 nitrogen and oxygen atoms in total. The van der Waals surface area contributed by atoms with Gasteiger partial charge in [-0.05, 0) is 38.5 Å². The highest BCUT2D eigenvalue weighted by atomic mass is 16.3. The van der Waals surface area contributed by atoms with Crippen LogP contribution in [-0.2, 0) is 0 Å². The zero-order valence-electron chi connectivity index (χ0n) is 6.27. The Kier molecular flexibility index (Phi) is 1.46. The standard InChI is InChI=1S/C8H15NO/c10-8-5-1-3-7(9-8)4-2-6-8/h7,9-10H,1-6H2. The molecule has 0 aromatic carbocycles. The summed E-state index contributed by atoms with van der Waals surface area (Å²) in [6.07, 6.45) is 6.86. The molecule has 2 aliphatic heterocycles.